The highest BCUT2D eigenvalue weighted by Crippen LogP contribution is 2.37. The smallest absolute Gasteiger partial charge is 0.119 e. The van der Waals surface area contributed by atoms with Gasteiger partial charge in [0.2, 0.25) is 0 Å². The van der Waals surface area contributed by atoms with Gasteiger partial charge in [0, 0.05) is 10.7 Å². The van der Waals surface area contributed by atoms with E-state index in [-0.39, 0.29) is 0 Å². The van der Waals surface area contributed by atoms with Gasteiger partial charge in [0.1, 0.15) is 11.5 Å². The van der Waals surface area contributed by atoms with Crippen molar-refractivity contribution in [1.82, 2.24) is 0 Å². The van der Waals surface area contributed by atoms with E-state index >= 15 is 0 Å². The molecule has 0 heterocycles. The maximum absolute atomic E-state index is 6.04. The van der Waals surface area contributed by atoms with Crippen molar-refractivity contribution in [3.63, 3.8) is 0 Å². The Morgan fingerprint density at radius 3 is 2.00 bits per heavy atom. The summed E-state index contributed by atoms with van der Waals surface area (Å²) in [6.07, 6.45) is 7.96. The number of benzene rings is 1. The van der Waals surface area contributed by atoms with Gasteiger partial charge in [-0.05, 0) is 44.0 Å². The van der Waals surface area contributed by atoms with Crippen LogP contribution in [0.1, 0.15) is 45.4 Å². The Morgan fingerprint density at radius 2 is 1.50 bits per heavy atom. The van der Waals surface area contributed by atoms with E-state index in [2.05, 4.69) is 15.9 Å². The van der Waals surface area contributed by atoms with Crippen molar-refractivity contribution in [3.8, 4) is 11.5 Å². The summed E-state index contributed by atoms with van der Waals surface area (Å²) in [7, 11) is 0. The minimum absolute atomic E-state index is 0.315. The second-order valence-corrected chi connectivity index (χ2v) is 6.30. The lowest BCUT2D eigenvalue weighted by Crippen LogP contribution is -2.29. The minimum atomic E-state index is 0.315. The van der Waals surface area contributed by atoms with Gasteiger partial charge in [0.15, 0.2) is 0 Å². The molecule has 0 N–H and O–H groups in total. The first-order valence-corrected chi connectivity index (χ1v) is 8.82. The number of ether oxygens (including phenoxy) is 2. The SMILES string of the molecule is CCOc1ccc(OCC2(CBr)CCCCCC2)cc1. The Hall–Kier alpha value is -0.700. The van der Waals surface area contributed by atoms with E-state index in [9.17, 15) is 0 Å². The third-order valence-corrected chi connectivity index (χ3v) is 5.32. The van der Waals surface area contributed by atoms with Gasteiger partial charge >= 0.3 is 0 Å². The predicted molar refractivity (Wildman–Crippen MR) is 87.0 cm³/mol. The van der Waals surface area contributed by atoms with Crippen LogP contribution in [-0.4, -0.2) is 18.5 Å². The lowest BCUT2D eigenvalue weighted by molar-refractivity contribution is 0.149. The van der Waals surface area contributed by atoms with Crippen LogP contribution in [0.15, 0.2) is 24.3 Å². The molecule has 112 valence electrons. The summed E-state index contributed by atoms with van der Waals surface area (Å²) >= 11 is 3.71. The quantitative estimate of drug-likeness (QED) is 0.523. The number of hydrogen-bond acceptors (Lipinski definition) is 2. The molecule has 1 aliphatic carbocycles. The minimum Gasteiger partial charge on any atom is -0.494 e. The van der Waals surface area contributed by atoms with E-state index in [1.807, 2.05) is 31.2 Å². The molecule has 2 nitrogen and oxygen atoms in total. The number of halogens is 1. The van der Waals surface area contributed by atoms with E-state index < -0.39 is 0 Å². The zero-order chi connectivity index (χ0) is 14.3. The van der Waals surface area contributed by atoms with Crippen LogP contribution < -0.4 is 9.47 Å². The van der Waals surface area contributed by atoms with Gasteiger partial charge in [-0.3, -0.25) is 0 Å². The Kier molecular flexibility index (Phi) is 6.21. The average Bonchev–Trinajstić information content (AvgIpc) is 2.73. The zero-order valence-electron chi connectivity index (χ0n) is 12.4. The third kappa shape index (κ3) is 4.41. The molecule has 0 bridgehead atoms. The molecule has 0 saturated heterocycles. The fourth-order valence-corrected chi connectivity index (χ4v) is 3.55. The van der Waals surface area contributed by atoms with Crippen molar-refractivity contribution in [2.75, 3.05) is 18.5 Å². The molecule has 1 saturated carbocycles. The van der Waals surface area contributed by atoms with Gasteiger partial charge in [-0.15, -0.1) is 0 Å². The van der Waals surface area contributed by atoms with Crippen LogP contribution in [-0.2, 0) is 0 Å². The average molecular weight is 341 g/mol. The molecule has 0 spiro atoms. The molecule has 0 atom stereocenters. The van der Waals surface area contributed by atoms with E-state index in [1.54, 1.807) is 0 Å². The zero-order valence-corrected chi connectivity index (χ0v) is 14.0. The van der Waals surface area contributed by atoms with Crippen LogP contribution in [0.2, 0.25) is 0 Å². The molecule has 1 aliphatic rings. The summed E-state index contributed by atoms with van der Waals surface area (Å²) < 4.78 is 11.5. The van der Waals surface area contributed by atoms with Gasteiger partial charge in [-0.25, -0.2) is 0 Å². The monoisotopic (exact) mass is 340 g/mol. The van der Waals surface area contributed by atoms with Gasteiger partial charge in [-0.1, -0.05) is 41.6 Å². The molecule has 1 fully saturated rings. The summed E-state index contributed by atoms with van der Waals surface area (Å²) in [6, 6.07) is 7.96. The Morgan fingerprint density at radius 1 is 0.950 bits per heavy atom. The maximum Gasteiger partial charge on any atom is 0.119 e. The van der Waals surface area contributed by atoms with Gasteiger partial charge < -0.3 is 9.47 Å². The predicted octanol–water partition coefficient (Wildman–Crippen LogP) is 5.20. The van der Waals surface area contributed by atoms with Crippen molar-refractivity contribution in [3.05, 3.63) is 24.3 Å². The molecule has 1 aromatic carbocycles. The lowest BCUT2D eigenvalue weighted by Gasteiger charge is -2.30. The van der Waals surface area contributed by atoms with Crippen molar-refractivity contribution in [2.24, 2.45) is 5.41 Å². The number of alkyl halides is 1. The molecular weight excluding hydrogens is 316 g/mol. The Bertz CT molecular complexity index is 380. The summed E-state index contributed by atoms with van der Waals surface area (Å²) in [6.45, 7) is 3.51. The van der Waals surface area contributed by atoms with Crippen LogP contribution >= 0.6 is 15.9 Å². The van der Waals surface area contributed by atoms with Gasteiger partial charge in [0.25, 0.3) is 0 Å². The molecule has 1 aromatic rings. The molecule has 0 aromatic heterocycles. The standard InChI is InChI=1S/C17H25BrO2/c1-2-19-15-7-9-16(10-8-15)20-14-17(13-18)11-5-3-4-6-12-17/h7-10H,2-6,11-14H2,1H3. The van der Waals surface area contributed by atoms with E-state index in [4.69, 9.17) is 9.47 Å². The van der Waals surface area contributed by atoms with E-state index in [1.165, 1.54) is 38.5 Å². The first kappa shape index (κ1) is 15.7. The molecule has 2 rings (SSSR count). The Balaban J connectivity index is 1.91. The maximum atomic E-state index is 6.04. The second-order valence-electron chi connectivity index (χ2n) is 5.74. The summed E-state index contributed by atoms with van der Waals surface area (Å²) in [5.41, 5.74) is 0.315. The van der Waals surface area contributed by atoms with Crippen LogP contribution in [0.25, 0.3) is 0 Å². The van der Waals surface area contributed by atoms with Crippen molar-refractivity contribution < 1.29 is 9.47 Å². The molecule has 0 aliphatic heterocycles. The van der Waals surface area contributed by atoms with E-state index in [0.717, 1.165) is 23.4 Å². The molecule has 3 heteroatoms. The fourth-order valence-electron chi connectivity index (χ4n) is 2.83. The fraction of sp³-hybridized carbons (Fsp3) is 0.647. The number of hydrogen-bond donors (Lipinski definition) is 0. The van der Waals surface area contributed by atoms with Crippen molar-refractivity contribution >= 4 is 15.9 Å². The largest absolute Gasteiger partial charge is 0.494 e. The molecule has 0 unspecified atom stereocenters. The van der Waals surface area contributed by atoms with Gasteiger partial charge in [-0.2, -0.15) is 0 Å². The molecular formula is C17H25BrO2. The lowest BCUT2D eigenvalue weighted by atomic mass is 9.83. The summed E-state index contributed by atoms with van der Waals surface area (Å²) in [5, 5.41) is 1.04. The Labute approximate surface area is 131 Å². The normalized spacial score (nSPS) is 18.3. The second kappa shape index (κ2) is 7.92. The summed E-state index contributed by atoms with van der Waals surface area (Å²) in [4.78, 5) is 0. The highest BCUT2D eigenvalue weighted by molar-refractivity contribution is 9.09. The first-order chi connectivity index (χ1) is 9.78. The van der Waals surface area contributed by atoms with Crippen molar-refractivity contribution in [2.45, 2.75) is 45.4 Å². The van der Waals surface area contributed by atoms with Crippen LogP contribution in [0.4, 0.5) is 0 Å². The highest BCUT2D eigenvalue weighted by atomic mass is 79.9. The first-order valence-electron chi connectivity index (χ1n) is 7.70. The van der Waals surface area contributed by atoms with Crippen LogP contribution in [0, 0.1) is 5.41 Å². The molecule has 20 heavy (non-hydrogen) atoms. The topological polar surface area (TPSA) is 18.5 Å². The van der Waals surface area contributed by atoms with Crippen molar-refractivity contribution in [1.29, 1.82) is 0 Å². The van der Waals surface area contributed by atoms with Crippen LogP contribution in [0.3, 0.4) is 0 Å². The van der Waals surface area contributed by atoms with Gasteiger partial charge in [0.05, 0.1) is 13.2 Å². The van der Waals surface area contributed by atoms with E-state index in [0.29, 0.717) is 12.0 Å². The molecule has 0 radical (unpaired) electrons. The van der Waals surface area contributed by atoms with Crippen LogP contribution in [0.5, 0.6) is 11.5 Å². The number of rotatable bonds is 6. The molecule has 0 amide bonds. The third-order valence-electron chi connectivity index (χ3n) is 4.13. The summed E-state index contributed by atoms with van der Waals surface area (Å²) in [5.74, 6) is 1.85. The highest BCUT2D eigenvalue weighted by Gasteiger charge is 2.30.